The molecule has 11 heterocycles. The molecule has 0 aromatic carbocycles. The van der Waals surface area contributed by atoms with Gasteiger partial charge in [-0.05, 0) is 74.4 Å². The number of carbonyl (C=O) groups excluding carboxylic acids is 1. The van der Waals surface area contributed by atoms with Crippen molar-refractivity contribution in [3.8, 4) is 67.5 Å². The fraction of sp³-hybridized carbons (Fsp3) is 0.306. The summed E-state index contributed by atoms with van der Waals surface area (Å²) in [7, 11) is 0. The number of fused-ring (bicyclic) bond motifs is 3. The molecule has 442 valence electrons. The lowest BCUT2D eigenvalue weighted by atomic mass is 10.1. The standard InChI is InChI=1S/C22H23F2N7O.C21H24N6.C19H18F2N6/c1-13(2)18(32)5-8-27-22-26-7-4-17(29-22)16-11-31(12-19(23)24)30-20(16)15-9-14-3-6-25-21(14)28-10-15;1-4-9-22-21-23-10-8-19(25-21)17-13-27(14(2)3)26-20(17)16-11-15-6-5-7-18(15)24-12-16;1-11(2)18-22-6-4-15(25-18)14-9-27(10-16(20)21)26-17(14)13-7-12-3-5-23-19(12)24-8-13/h3-4,6-7,9-11,13,19H,5,8,12H2,1-2H3,(H,25,28)(H,26,27,29);5-6,8,10-14H,4,7,9H2,1-3H3,(H,22,23,25);3-9,11,16H,10H2,1-2H3,(H,23,24). The van der Waals surface area contributed by atoms with Gasteiger partial charge in [-0.3, -0.25) is 23.8 Å². The zero-order valence-electron chi connectivity index (χ0n) is 48.6. The summed E-state index contributed by atoms with van der Waals surface area (Å²) in [5.41, 5.74) is 12.5. The number of halogens is 4. The molecule has 0 radical (unpaired) electrons. The van der Waals surface area contributed by atoms with Crippen molar-refractivity contribution in [1.29, 1.82) is 0 Å². The molecule has 11 aromatic heterocycles. The molecule has 20 nitrogen and oxygen atoms in total. The largest absolute Gasteiger partial charge is 0.354 e. The van der Waals surface area contributed by atoms with Gasteiger partial charge in [0.25, 0.3) is 12.9 Å². The molecule has 0 saturated carbocycles. The quantitative estimate of drug-likeness (QED) is 0.0519. The maximum atomic E-state index is 13.0. The highest BCUT2D eigenvalue weighted by atomic mass is 19.3. The number of aromatic amines is 2. The molecule has 12 rings (SSSR count). The fourth-order valence-electron chi connectivity index (χ4n) is 9.37. The van der Waals surface area contributed by atoms with Gasteiger partial charge in [0.05, 0.1) is 22.8 Å². The van der Waals surface area contributed by atoms with Crippen LogP contribution in [0, 0.1) is 5.92 Å². The number of ketones is 1. The second-order valence-corrected chi connectivity index (χ2v) is 21.3. The average molecular weight is 1170 g/mol. The minimum absolute atomic E-state index is 0.0294. The zero-order valence-corrected chi connectivity index (χ0v) is 48.6. The topological polar surface area (TPSA) is 242 Å². The van der Waals surface area contributed by atoms with Gasteiger partial charge in [-0.25, -0.2) is 57.4 Å². The SMILES string of the molecule is CC(C)C(=O)CCNc1nccc(-c2cn(CC(F)F)nc2-c2cnc3[nH]ccc3c2)n1.CC(C)c1nccc(-c2cn(CC(F)F)nc2-c2cnc3[nH]ccc3c2)n1.CCCNc1nccc(-c2cn(C(C)C)nc2-c2cnc3c(c2)C=CC3)n1. The van der Waals surface area contributed by atoms with E-state index < -0.39 is 25.9 Å². The molecule has 0 fully saturated rings. The molecule has 1 aliphatic rings. The Morgan fingerprint density at radius 2 is 1.12 bits per heavy atom. The number of aromatic nitrogens is 17. The fourth-order valence-corrected chi connectivity index (χ4v) is 9.37. The number of hydrogen-bond acceptors (Lipinski definition) is 15. The average Bonchev–Trinajstić information content (AvgIpc) is 2.36. The van der Waals surface area contributed by atoms with Crippen molar-refractivity contribution in [3.05, 3.63) is 140 Å². The highest BCUT2D eigenvalue weighted by molar-refractivity contribution is 5.87. The molecule has 0 aliphatic heterocycles. The molecule has 0 saturated heterocycles. The van der Waals surface area contributed by atoms with E-state index in [2.05, 4.69) is 116 Å². The minimum atomic E-state index is -2.54. The molecule has 4 N–H and O–H groups in total. The number of hydrogen-bond donors (Lipinski definition) is 4. The van der Waals surface area contributed by atoms with Crippen LogP contribution in [0.2, 0.25) is 0 Å². The van der Waals surface area contributed by atoms with Crippen molar-refractivity contribution in [1.82, 2.24) is 84.2 Å². The lowest BCUT2D eigenvalue weighted by Gasteiger charge is -2.08. The first-order valence-electron chi connectivity index (χ1n) is 28.4. The molecule has 11 aromatic rings. The summed E-state index contributed by atoms with van der Waals surface area (Å²) in [6.07, 6.45) is 20.6. The van der Waals surface area contributed by atoms with Gasteiger partial charge in [-0.15, -0.1) is 0 Å². The molecule has 0 bridgehead atoms. The molecule has 0 atom stereocenters. The Hall–Kier alpha value is -9.87. The molecule has 1 aliphatic carbocycles. The van der Waals surface area contributed by atoms with Gasteiger partial charge in [0.2, 0.25) is 11.9 Å². The Kier molecular flexibility index (Phi) is 18.5. The summed E-state index contributed by atoms with van der Waals surface area (Å²) in [5, 5.41) is 21.7. The van der Waals surface area contributed by atoms with E-state index in [1.807, 2.05) is 68.9 Å². The van der Waals surface area contributed by atoms with Gasteiger partial charge >= 0.3 is 0 Å². The van der Waals surface area contributed by atoms with E-state index in [0.29, 0.717) is 70.2 Å². The van der Waals surface area contributed by atoms with E-state index in [-0.39, 0.29) is 23.7 Å². The Morgan fingerprint density at radius 1 is 0.605 bits per heavy atom. The third-order valence-corrected chi connectivity index (χ3v) is 13.8. The van der Waals surface area contributed by atoms with Crippen LogP contribution in [0.1, 0.15) is 90.3 Å². The molecular weight excluding hydrogens is 1100 g/mol. The summed E-state index contributed by atoms with van der Waals surface area (Å²) in [5.74, 6) is 1.97. The first-order chi connectivity index (χ1) is 41.6. The molecule has 24 heteroatoms. The van der Waals surface area contributed by atoms with Crippen LogP contribution in [0.5, 0.6) is 0 Å². The third kappa shape index (κ3) is 14.2. The Bertz CT molecular complexity index is 4140. The number of anilines is 2. The summed E-state index contributed by atoms with van der Waals surface area (Å²) in [4.78, 5) is 57.9. The predicted molar refractivity (Wildman–Crippen MR) is 324 cm³/mol. The number of Topliss-reactive ketones (excluding diaryl/α,β-unsaturated/α-hetero) is 1. The van der Waals surface area contributed by atoms with Gasteiger partial charge < -0.3 is 20.6 Å². The highest BCUT2D eigenvalue weighted by Gasteiger charge is 2.22. The maximum absolute atomic E-state index is 13.0. The van der Waals surface area contributed by atoms with E-state index in [0.717, 1.165) is 75.2 Å². The summed E-state index contributed by atoms with van der Waals surface area (Å²) in [6.45, 7) is 14.3. The van der Waals surface area contributed by atoms with E-state index in [4.69, 9.17) is 10.1 Å². The van der Waals surface area contributed by atoms with Crippen LogP contribution >= 0.6 is 0 Å². The van der Waals surface area contributed by atoms with E-state index >= 15 is 0 Å². The van der Waals surface area contributed by atoms with Crippen molar-refractivity contribution in [2.24, 2.45) is 5.92 Å². The van der Waals surface area contributed by atoms with E-state index in [1.54, 1.807) is 67.9 Å². The van der Waals surface area contributed by atoms with Crippen molar-refractivity contribution in [2.45, 2.75) is 106 Å². The Labute approximate surface area is 493 Å². The van der Waals surface area contributed by atoms with Gasteiger partial charge in [0.15, 0.2) is 0 Å². The van der Waals surface area contributed by atoms with Crippen LogP contribution in [0.4, 0.5) is 29.5 Å². The number of pyridine rings is 3. The third-order valence-electron chi connectivity index (χ3n) is 13.8. The van der Waals surface area contributed by atoms with Gasteiger partial charge in [0.1, 0.15) is 53.1 Å². The van der Waals surface area contributed by atoms with E-state index in [1.165, 1.54) is 14.9 Å². The lowest BCUT2D eigenvalue weighted by molar-refractivity contribution is -0.121. The molecule has 0 spiro atoms. The monoisotopic (exact) mass is 1170 g/mol. The van der Waals surface area contributed by atoms with Crippen molar-refractivity contribution in [2.75, 3.05) is 23.7 Å². The smallest absolute Gasteiger partial charge is 0.257 e. The van der Waals surface area contributed by atoms with Crippen molar-refractivity contribution >= 4 is 45.8 Å². The second-order valence-electron chi connectivity index (χ2n) is 21.3. The van der Waals surface area contributed by atoms with Gasteiger partial charge in [0, 0.05) is 156 Å². The van der Waals surface area contributed by atoms with Crippen LogP contribution < -0.4 is 10.6 Å². The first kappa shape index (κ1) is 59.3. The molecule has 0 amide bonds. The number of nitrogens with zero attached hydrogens (tertiary/aromatic N) is 15. The van der Waals surface area contributed by atoms with Crippen LogP contribution in [0.3, 0.4) is 0 Å². The first-order valence-corrected chi connectivity index (χ1v) is 28.4. The number of allylic oxidation sites excluding steroid dienone is 1. The predicted octanol–water partition coefficient (Wildman–Crippen LogP) is 12.8. The van der Waals surface area contributed by atoms with Gasteiger partial charge in [-0.1, -0.05) is 46.8 Å². The second kappa shape index (κ2) is 26.8. The Morgan fingerprint density at radius 3 is 1.65 bits per heavy atom. The highest BCUT2D eigenvalue weighted by Crippen LogP contribution is 2.36. The van der Waals surface area contributed by atoms with Crippen LogP contribution in [0.25, 0.3) is 95.7 Å². The molecule has 0 unspecified atom stereocenters. The van der Waals surface area contributed by atoms with Crippen molar-refractivity contribution < 1.29 is 22.4 Å². The number of H-pyrrole nitrogens is 2. The van der Waals surface area contributed by atoms with Crippen LogP contribution in [-0.4, -0.2) is 116 Å². The van der Waals surface area contributed by atoms with Crippen molar-refractivity contribution in [3.63, 3.8) is 0 Å². The number of carbonyl (C=O) groups is 1. The lowest BCUT2D eigenvalue weighted by Crippen LogP contribution is -2.14. The number of rotatable bonds is 20. The summed E-state index contributed by atoms with van der Waals surface area (Å²) < 4.78 is 56.3. The zero-order chi connectivity index (χ0) is 60.4. The summed E-state index contributed by atoms with van der Waals surface area (Å²) >= 11 is 0. The number of nitrogens with one attached hydrogen (secondary N) is 4. The normalized spacial score (nSPS) is 12.0. The van der Waals surface area contributed by atoms with Crippen LogP contribution in [0.15, 0.2) is 123 Å². The molecular formula is C62H65F4N19O. The number of alkyl halides is 4. The molecule has 86 heavy (non-hydrogen) atoms. The Balaban J connectivity index is 0.000000144. The van der Waals surface area contributed by atoms with Gasteiger partial charge in [-0.2, -0.15) is 15.3 Å². The van der Waals surface area contributed by atoms with Crippen LogP contribution in [-0.2, 0) is 24.3 Å². The summed E-state index contributed by atoms with van der Waals surface area (Å²) in [6, 6.07) is 15.4. The maximum Gasteiger partial charge on any atom is 0.257 e. The minimum Gasteiger partial charge on any atom is -0.354 e. The van der Waals surface area contributed by atoms with E-state index in [9.17, 15) is 22.4 Å².